The maximum absolute atomic E-state index is 11.7. The van der Waals surface area contributed by atoms with E-state index in [0.29, 0.717) is 32.0 Å². The third-order valence-corrected chi connectivity index (χ3v) is 3.73. The summed E-state index contributed by atoms with van der Waals surface area (Å²) in [6.07, 6.45) is 1.31. The summed E-state index contributed by atoms with van der Waals surface area (Å²) in [4.78, 5) is 21.2. The van der Waals surface area contributed by atoms with Crippen LogP contribution in [-0.2, 0) is 9.47 Å². The molecule has 0 spiro atoms. The maximum atomic E-state index is 11.7. The van der Waals surface area contributed by atoms with Crippen molar-refractivity contribution in [1.82, 2.24) is 9.97 Å². The molecule has 0 amide bonds. The number of hydrogen-bond acceptors (Lipinski definition) is 8. The number of methoxy groups -OCH3 is 2. The molecule has 0 aliphatic heterocycles. The van der Waals surface area contributed by atoms with Crippen molar-refractivity contribution in [2.75, 3.05) is 50.7 Å². The lowest BCUT2D eigenvalue weighted by molar-refractivity contribution is -0.383. The molecular weight excluding hydrogens is 338 g/mol. The van der Waals surface area contributed by atoms with E-state index in [1.54, 1.807) is 19.1 Å². The third kappa shape index (κ3) is 5.11. The zero-order valence-electron chi connectivity index (χ0n) is 15.1. The molecule has 0 radical (unpaired) electrons. The van der Waals surface area contributed by atoms with Gasteiger partial charge in [-0.25, -0.2) is 9.97 Å². The Morgan fingerprint density at radius 2 is 1.73 bits per heavy atom. The topological polar surface area (TPSA) is 103 Å². The van der Waals surface area contributed by atoms with Gasteiger partial charge in [0.1, 0.15) is 6.33 Å². The molecule has 9 nitrogen and oxygen atoms in total. The molecule has 0 saturated carbocycles. The van der Waals surface area contributed by atoms with Crippen LogP contribution >= 0.6 is 0 Å². The average molecular weight is 361 g/mol. The lowest BCUT2D eigenvalue weighted by Crippen LogP contribution is -2.32. The third-order valence-electron chi connectivity index (χ3n) is 3.73. The number of ether oxygens (including phenoxy) is 2. The van der Waals surface area contributed by atoms with E-state index in [0.717, 1.165) is 5.56 Å². The summed E-state index contributed by atoms with van der Waals surface area (Å²) in [7, 11) is 3.15. The van der Waals surface area contributed by atoms with Gasteiger partial charge in [0.05, 0.1) is 18.1 Å². The predicted molar refractivity (Wildman–Crippen MR) is 99.1 cm³/mol. The van der Waals surface area contributed by atoms with E-state index in [4.69, 9.17) is 9.47 Å². The highest BCUT2D eigenvalue weighted by molar-refractivity contribution is 5.74. The quantitative estimate of drug-likeness (QED) is 0.509. The van der Waals surface area contributed by atoms with E-state index in [1.165, 1.54) is 6.33 Å². The highest BCUT2D eigenvalue weighted by atomic mass is 16.6. The van der Waals surface area contributed by atoms with Crippen molar-refractivity contribution >= 4 is 23.0 Å². The molecule has 2 rings (SSSR count). The van der Waals surface area contributed by atoms with Crippen molar-refractivity contribution in [1.29, 1.82) is 0 Å². The van der Waals surface area contributed by atoms with Crippen LogP contribution < -0.4 is 10.2 Å². The first-order chi connectivity index (χ1) is 12.6. The van der Waals surface area contributed by atoms with Gasteiger partial charge < -0.3 is 19.7 Å². The van der Waals surface area contributed by atoms with Crippen LogP contribution in [0.4, 0.5) is 23.0 Å². The Bertz CT molecular complexity index is 716. The van der Waals surface area contributed by atoms with Crippen LogP contribution in [0.2, 0.25) is 0 Å². The zero-order chi connectivity index (χ0) is 18.9. The predicted octanol–water partition coefficient (Wildman–Crippen LogP) is 2.54. The fourth-order valence-electron chi connectivity index (χ4n) is 2.36. The molecule has 0 atom stereocenters. The standard InChI is InChI=1S/C17H23N5O4/c1-13-4-6-14(7-5-13)20-16-15(22(23)24)17(19-12-18-16)21(8-10-25-2)9-11-26-3/h4-7,12H,8-11H2,1-3H3,(H,18,19,20). The molecule has 1 aromatic carbocycles. The minimum Gasteiger partial charge on any atom is -0.383 e. The van der Waals surface area contributed by atoms with Crippen LogP contribution in [0.5, 0.6) is 0 Å². The molecule has 9 heteroatoms. The van der Waals surface area contributed by atoms with E-state index < -0.39 is 4.92 Å². The molecule has 0 saturated heterocycles. The number of hydrogen-bond donors (Lipinski definition) is 1. The molecule has 0 bridgehead atoms. The number of nitro groups is 1. The van der Waals surface area contributed by atoms with Crippen molar-refractivity contribution in [2.45, 2.75) is 6.92 Å². The molecule has 1 aromatic heterocycles. The first kappa shape index (κ1) is 19.5. The maximum Gasteiger partial charge on any atom is 0.353 e. The van der Waals surface area contributed by atoms with Crippen molar-refractivity contribution in [2.24, 2.45) is 0 Å². The highest BCUT2D eigenvalue weighted by Crippen LogP contribution is 2.33. The van der Waals surface area contributed by atoms with Crippen LogP contribution in [0, 0.1) is 17.0 Å². The number of aryl methyl sites for hydroxylation is 1. The summed E-state index contributed by atoms with van der Waals surface area (Å²) in [5.41, 5.74) is 1.63. The summed E-state index contributed by atoms with van der Waals surface area (Å²) in [6.45, 7) is 3.68. The average Bonchev–Trinajstić information content (AvgIpc) is 2.63. The van der Waals surface area contributed by atoms with Gasteiger partial charge in [-0.2, -0.15) is 0 Å². The number of nitrogens with one attached hydrogen (secondary N) is 1. The fourth-order valence-corrected chi connectivity index (χ4v) is 2.36. The zero-order valence-corrected chi connectivity index (χ0v) is 15.1. The van der Waals surface area contributed by atoms with Gasteiger partial charge in [0.25, 0.3) is 0 Å². The summed E-state index contributed by atoms with van der Waals surface area (Å²) < 4.78 is 10.2. The molecule has 0 aliphatic rings. The van der Waals surface area contributed by atoms with Gasteiger partial charge in [0.2, 0.25) is 11.6 Å². The molecule has 26 heavy (non-hydrogen) atoms. The number of benzene rings is 1. The Morgan fingerprint density at radius 1 is 1.12 bits per heavy atom. The normalized spacial score (nSPS) is 10.6. The Morgan fingerprint density at radius 3 is 2.27 bits per heavy atom. The number of nitrogens with zero attached hydrogens (tertiary/aromatic N) is 4. The van der Waals surface area contributed by atoms with Crippen molar-refractivity contribution in [3.8, 4) is 0 Å². The summed E-state index contributed by atoms with van der Waals surface area (Å²) in [6, 6.07) is 7.52. The molecule has 0 unspecified atom stereocenters. The second kappa shape index (κ2) is 9.64. The molecule has 1 N–H and O–H groups in total. The number of aromatic nitrogens is 2. The minimum atomic E-state index is -0.474. The number of anilines is 3. The van der Waals surface area contributed by atoms with Gasteiger partial charge in [-0.05, 0) is 19.1 Å². The monoisotopic (exact) mass is 361 g/mol. The van der Waals surface area contributed by atoms with E-state index in [2.05, 4.69) is 15.3 Å². The van der Waals surface area contributed by atoms with E-state index >= 15 is 0 Å². The number of rotatable bonds is 10. The van der Waals surface area contributed by atoms with E-state index in [-0.39, 0.29) is 17.3 Å². The summed E-state index contributed by atoms with van der Waals surface area (Å²) in [5.74, 6) is 0.373. The second-order valence-electron chi connectivity index (χ2n) is 5.62. The van der Waals surface area contributed by atoms with E-state index in [9.17, 15) is 10.1 Å². The summed E-state index contributed by atoms with van der Waals surface area (Å²) >= 11 is 0. The smallest absolute Gasteiger partial charge is 0.353 e. The largest absolute Gasteiger partial charge is 0.383 e. The Balaban J connectivity index is 2.38. The highest BCUT2D eigenvalue weighted by Gasteiger charge is 2.27. The van der Waals surface area contributed by atoms with Crippen molar-refractivity contribution in [3.63, 3.8) is 0 Å². The second-order valence-corrected chi connectivity index (χ2v) is 5.62. The van der Waals surface area contributed by atoms with Gasteiger partial charge >= 0.3 is 5.69 Å². The lowest BCUT2D eigenvalue weighted by Gasteiger charge is -2.23. The molecule has 0 fully saturated rings. The van der Waals surface area contributed by atoms with Gasteiger partial charge in [-0.3, -0.25) is 10.1 Å². The van der Waals surface area contributed by atoms with Gasteiger partial charge in [-0.1, -0.05) is 17.7 Å². The molecule has 1 heterocycles. The van der Waals surface area contributed by atoms with Gasteiger partial charge in [0, 0.05) is 33.0 Å². The Kier molecular flexibility index (Phi) is 7.24. The van der Waals surface area contributed by atoms with E-state index in [1.807, 2.05) is 31.2 Å². The Labute approximate surface area is 152 Å². The Hall–Kier alpha value is -2.78. The first-order valence-electron chi connectivity index (χ1n) is 8.12. The van der Waals surface area contributed by atoms with Crippen molar-refractivity contribution in [3.05, 3.63) is 46.3 Å². The molecule has 0 aliphatic carbocycles. The first-order valence-corrected chi connectivity index (χ1v) is 8.12. The van der Waals surface area contributed by atoms with Gasteiger partial charge in [-0.15, -0.1) is 0 Å². The van der Waals surface area contributed by atoms with Gasteiger partial charge in [0.15, 0.2) is 0 Å². The van der Waals surface area contributed by atoms with Crippen LogP contribution in [0.3, 0.4) is 0 Å². The van der Waals surface area contributed by atoms with Crippen LogP contribution in [0.25, 0.3) is 0 Å². The fraction of sp³-hybridized carbons (Fsp3) is 0.412. The van der Waals surface area contributed by atoms with Crippen LogP contribution in [0.1, 0.15) is 5.56 Å². The lowest BCUT2D eigenvalue weighted by atomic mass is 10.2. The molecule has 2 aromatic rings. The van der Waals surface area contributed by atoms with Crippen LogP contribution in [-0.4, -0.2) is 55.4 Å². The SMILES string of the molecule is COCCN(CCOC)c1ncnc(Nc2ccc(C)cc2)c1[N+](=O)[O-]. The van der Waals surface area contributed by atoms with Crippen molar-refractivity contribution < 1.29 is 14.4 Å². The summed E-state index contributed by atoms with van der Waals surface area (Å²) in [5, 5.41) is 14.7. The molecule has 140 valence electrons. The van der Waals surface area contributed by atoms with Crippen LogP contribution in [0.15, 0.2) is 30.6 Å². The minimum absolute atomic E-state index is 0.142. The molecular formula is C17H23N5O4.